The summed E-state index contributed by atoms with van der Waals surface area (Å²) in [6, 6.07) is 4.07. The van der Waals surface area contributed by atoms with Crippen molar-refractivity contribution in [1.82, 2.24) is 14.5 Å². The van der Waals surface area contributed by atoms with Crippen LogP contribution in [0.5, 0.6) is 0 Å². The van der Waals surface area contributed by atoms with E-state index < -0.39 is 0 Å². The summed E-state index contributed by atoms with van der Waals surface area (Å²) in [6.07, 6.45) is 3.42. The molecule has 2 aromatic heterocycles. The van der Waals surface area contributed by atoms with Crippen molar-refractivity contribution in [3.05, 3.63) is 23.7 Å². The predicted molar refractivity (Wildman–Crippen MR) is 74.0 cm³/mol. The molecule has 0 unspecified atom stereocenters. The van der Waals surface area contributed by atoms with Crippen molar-refractivity contribution in [2.75, 3.05) is 5.88 Å². The zero-order valence-electron chi connectivity index (χ0n) is 10.9. The number of pyridine rings is 1. The minimum absolute atomic E-state index is 0.445. The second kappa shape index (κ2) is 4.23. The summed E-state index contributed by atoms with van der Waals surface area (Å²) < 4.78 is 2.28. The Morgan fingerprint density at radius 1 is 1.33 bits per heavy atom. The third-order valence-electron chi connectivity index (χ3n) is 3.77. The van der Waals surface area contributed by atoms with E-state index in [1.807, 2.05) is 13.0 Å². The van der Waals surface area contributed by atoms with E-state index in [4.69, 9.17) is 11.6 Å². The van der Waals surface area contributed by atoms with E-state index in [0.717, 1.165) is 35.6 Å². The zero-order valence-corrected chi connectivity index (χ0v) is 11.7. The molecule has 96 valence electrons. The van der Waals surface area contributed by atoms with E-state index in [-0.39, 0.29) is 0 Å². The first kappa shape index (κ1) is 12.0. The van der Waals surface area contributed by atoms with Gasteiger partial charge in [-0.15, -0.1) is 11.6 Å². The van der Waals surface area contributed by atoms with Crippen LogP contribution in [0.4, 0.5) is 0 Å². The minimum Gasteiger partial charge on any atom is -0.312 e. The van der Waals surface area contributed by atoms with Crippen LogP contribution in [-0.2, 0) is 13.0 Å². The molecule has 0 atom stereocenters. The molecule has 0 bridgehead atoms. The van der Waals surface area contributed by atoms with Crippen molar-refractivity contribution in [3.63, 3.8) is 0 Å². The third kappa shape index (κ3) is 2.12. The van der Waals surface area contributed by atoms with Crippen LogP contribution < -0.4 is 0 Å². The fraction of sp³-hybridized carbons (Fsp3) is 0.571. The van der Waals surface area contributed by atoms with E-state index in [0.29, 0.717) is 11.3 Å². The van der Waals surface area contributed by atoms with Crippen LogP contribution in [0.3, 0.4) is 0 Å². The van der Waals surface area contributed by atoms with Gasteiger partial charge in [0.15, 0.2) is 5.65 Å². The van der Waals surface area contributed by atoms with Gasteiger partial charge in [-0.3, -0.25) is 0 Å². The van der Waals surface area contributed by atoms with E-state index in [9.17, 15) is 0 Å². The minimum atomic E-state index is 0.445. The third-order valence-corrected chi connectivity index (χ3v) is 3.96. The van der Waals surface area contributed by atoms with Crippen molar-refractivity contribution in [1.29, 1.82) is 0 Å². The molecule has 0 spiro atoms. The highest BCUT2D eigenvalue weighted by atomic mass is 35.5. The normalized spacial score (nSPS) is 17.3. The standard InChI is InChI=1S/C14H18ClN3/c1-10-3-4-11-13(16-10)18(9-14(2)6-7-14)12(17-11)5-8-15/h3-4H,5-9H2,1-2H3. The molecule has 0 aromatic carbocycles. The summed E-state index contributed by atoms with van der Waals surface area (Å²) in [5.41, 5.74) is 3.50. The number of rotatable bonds is 4. The van der Waals surface area contributed by atoms with Crippen LogP contribution in [0.15, 0.2) is 12.1 Å². The number of hydrogen-bond acceptors (Lipinski definition) is 2. The molecule has 18 heavy (non-hydrogen) atoms. The predicted octanol–water partition coefficient (Wildman–Crippen LogP) is 3.32. The fourth-order valence-corrected chi connectivity index (χ4v) is 2.51. The van der Waals surface area contributed by atoms with Gasteiger partial charge < -0.3 is 4.57 Å². The summed E-state index contributed by atoms with van der Waals surface area (Å²) in [4.78, 5) is 9.32. The Morgan fingerprint density at radius 2 is 2.11 bits per heavy atom. The summed E-state index contributed by atoms with van der Waals surface area (Å²) in [5, 5.41) is 0. The van der Waals surface area contributed by atoms with E-state index in [1.165, 1.54) is 12.8 Å². The Labute approximate surface area is 112 Å². The quantitative estimate of drug-likeness (QED) is 0.793. The number of nitrogens with zero attached hydrogens (tertiary/aromatic N) is 3. The number of halogens is 1. The monoisotopic (exact) mass is 263 g/mol. The van der Waals surface area contributed by atoms with Crippen molar-refractivity contribution < 1.29 is 0 Å². The van der Waals surface area contributed by atoms with Crippen LogP contribution in [0.25, 0.3) is 11.2 Å². The first-order chi connectivity index (χ1) is 8.61. The second-order valence-electron chi connectivity index (χ2n) is 5.66. The lowest BCUT2D eigenvalue weighted by Crippen LogP contribution is -2.12. The first-order valence-corrected chi connectivity index (χ1v) is 7.03. The molecule has 0 aliphatic heterocycles. The maximum absolute atomic E-state index is 5.88. The highest BCUT2D eigenvalue weighted by Crippen LogP contribution is 2.47. The Balaban J connectivity index is 2.10. The van der Waals surface area contributed by atoms with Crippen LogP contribution >= 0.6 is 11.6 Å². The van der Waals surface area contributed by atoms with E-state index in [1.54, 1.807) is 0 Å². The number of aromatic nitrogens is 3. The molecule has 2 heterocycles. The number of alkyl halides is 1. The van der Waals surface area contributed by atoms with Crippen LogP contribution in [0.1, 0.15) is 31.3 Å². The molecular formula is C14H18ClN3. The SMILES string of the molecule is Cc1ccc2nc(CCCl)n(CC3(C)CC3)c2n1. The van der Waals surface area contributed by atoms with Crippen LogP contribution in [-0.4, -0.2) is 20.4 Å². The van der Waals surface area contributed by atoms with Crippen LogP contribution in [0, 0.1) is 12.3 Å². The Bertz CT molecular complexity index is 584. The average Bonchev–Trinajstić information content (AvgIpc) is 2.97. The summed E-state index contributed by atoms with van der Waals surface area (Å²) in [5.74, 6) is 1.69. The molecule has 1 aliphatic rings. The van der Waals surface area contributed by atoms with Gasteiger partial charge in [-0.1, -0.05) is 6.92 Å². The number of hydrogen-bond donors (Lipinski definition) is 0. The highest BCUT2D eigenvalue weighted by molar-refractivity contribution is 6.17. The molecule has 1 fully saturated rings. The van der Waals surface area contributed by atoms with Gasteiger partial charge in [0.05, 0.1) is 0 Å². The second-order valence-corrected chi connectivity index (χ2v) is 6.04. The molecule has 1 saturated carbocycles. The lowest BCUT2D eigenvalue weighted by molar-refractivity contribution is 0.460. The van der Waals surface area contributed by atoms with Crippen molar-refractivity contribution in [2.24, 2.45) is 5.41 Å². The lowest BCUT2D eigenvalue weighted by atomic mass is 10.1. The van der Waals surface area contributed by atoms with Gasteiger partial charge in [0.2, 0.25) is 0 Å². The van der Waals surface area contributed by atoms with Gasteiger partial charge in [0, 0.05) is 24.5 Å². The summed E-state index contributed by atoms with van der Waals surface area (Å²) in [7, 11) is 0. The van der Waals surface area contributed by atoms with E-state index >= 15 is 0 Å². The number of fused-ring (bicyclic) bond motifs is 1. The van der Waals surface area contributed by atoms with Crippen LogP contribution in [0.2, 0.25) is 0 Å². The summed E-state index contributed by atoms with van der Waals surface area (Å²) in [6.45, 7) is 5.38. The van der Waals surface area contributed by atoms with Gasteiger partial charge >= 0.3 is 0 Å². The fourth-order valence-electron chi connectivity index (χ4n) is 2.34. The Kier molecular flexibility index (Phi) is 2.81. The van der Waals surface area contributed by atoms with Gasteiger partial charge in [-0.25, -0.2) is 9.97 Å². The molecule has 3 nitrogen and oxygen atoms in total. The topological polar surface area (TPSA) is 30.7 Å². The highest BCUT2D eigenvalue weighted by Gasteiger charge is 2.38. The largest absolute Gasteiger partial charge is 0.312 e. The molecule has 0 saturated heterocycles. The average molecular weight is 264 g/mol. The summed E-state index contributed by atoms with van der Waals surface area (Å²) >= 11 is 5.88. The van der Waals surface area contributed by atoms with Gasteiger partial charge in [-0.2, -0.15) is 0 Å². The lowest BCUT2D eigenvalue weighted by Gasteiger charge is -2.13. The zero-order chi connectivity index (χ0) is 12.8. The van der Waals surface area contributed by atoms with Crippen molar-refractivity contribution in [3.8, 4) is 0 Å². The van der Waals surface area contributed by atoms with Crippen molar-refractivity contribution >= 4 is 22.8 Å². The maximum Gasteiger partial charge on any atom is 0.160 e. The molecule has 0 radical (unpaired) electrons. The van der Waals surface area contributed by atoms with Crippen molar-refractivity contribution in [2.45, 2.75) is 39.7 Å². The Hall–Kier alpha value is -1.09. The number of imidazole rings is 1. The molecule has 0 amide bonds. The maximum atomic E-state index is 5.88. The molecular weight excluding hydrogens is 246 g/mol. The number of aryl methyl sites for hydroxylation is 2. The molecule has 3 rings (SSSR count). The molecule has 0 N–H and O–H groups in total. The smallest absolute Gasteiger partial charge is 0.160 e. The van der Waals surface area contributed by atoms with E-state index in [2.05, 4.69) is 27.5 Å². The molecule has 4 heteroatoms. The first-order valence-electron chi connectivity index (χ1n) is 6.50. The molecule has 2 aromatic rings. The van der Waals surface area contributed by atoms with Gasteiger partial charge in [0.1, 0.15) is 11.3 Å². The Morgan fingerprint density at radius 3 is 2.78 bits per heavy atom. The molecule has 1 aliphatic carbocycles. The van der Waals surface area contributed by atoms with Gasteiger partial charge in [-0.05, 0) is 37.3 Å². The van der Waals surface area contributed by atoms with Gasteiger partial charge in [0.25, 0.3) is 0 Å².